The Morgan fingerprint density at radius 2 is 1.77 bits per heavy atom. The van der Waals surface area contributed by atoms with Crippen molar-refractivity contribution in [3.8, 4) is 17.1 Å². The van der Waals surface area contributed by atoms with Crippen molar-refractivity contribution < 1.29 is 17.7 Å². The van der Waals surface area contributed by atoms with E-state index in [-0.39, 0.29) is 17.3 Å². The van der Waals surface area contributed by atoms with Crippen LogP contribution in [0.4, 0.5) is 0 Å². The van der Waals surface area contributed by atoms with Crippen molar-refractivity contribution in [1.82, 2.24) is 14.9 Å². The van der Waals surface area contributed by atoms with Gasteiger partial charge in [0.1, 0.15) is 5.75 Å². The van der Waals surface area contributed by atoms with Gasteiger partial charge in [-0.05, 0) is 50.2 Å². The first-order chi connectivity index (χ1) is 12.5. The van der Waals surface area contributed by atoms with Gasteiger partial charge >= 0.3 is 0 Å². The molecule has 3 aromatic rings. The van der Waals surface area contributed by atoms with Crippen molar-refractivity contribution in [3.05, 3.63) is 60.0 Å². The molecule has 0 aliphatic carbocycles. The van der Waals surface area contributed by atoms with Crippen molar-refractivity contribution in [2.75, 3.05) is 6.61 Å². The van der Waals surface area contributed by atoms with Crippen LogP contribution in [0.15, 0.2) is 57.9 Å². The molecule has 0 spiro atoms. The number of aromatic nitrogens is 2. The Bertz CT molecular complexity index is 964. The molecule has 1 heterocycles. The van der Waals surface area contributed by atoms with E-state index in [2.05, 4.69) is 14.9 Å². The van der Waals surface area contributed by atoms with E-state index >= 15 is 0 Å². The second kappa shape index (κ2) is 7.67. The molecule has 0 atom stereocenters. The van der Waals surface area contributed by atoms with E-state index in [9.17, 15) is 8.42 Å². The number of rotatable bonds is 7. The number of nitrogens with one attached hydrogen (secondary N) is 1. The normalized spacial score (nSPS) is 11.5. The third kappa shape index (κ3) is 4.27. The van der Waals surface area contributed by atoms with Gasteiger partial charge in [0, 0.05) is 5.56 Å². The molecule has 0 fully saturated rings. The summed E-state index contributed by atoms with van der Waals surface area (Å²) in [7, 11) is -3.64. The lowest BCUT2D eigenvalue weighted by molar-refractivity contribution is 0.340. The Balaban J connectivity index is 1.67. The monoisotopic (exact) mass is 373 g/mol. The SMILES string of the molecule is CCOc1ccc(-c2noc(CNS(=O)(=O)c3ccc(C)cc3)n2)cc1. The van der Waals surface area contributed by atoms with Crippen molar-refractivity contribution >= 4 is 10.0 Å². The molecule has 7 nitrogen and oxygen atoms in total. The Morgan fingerprint density at radius 1 is 1.08 bits per heavy atom. The first-order valence-electron chi connectivity index (χ1n) is 8.10. The highest BCUT2D eigenvalue weighted by Gasteiger charge is 2.16. The van der Waals surface area contributed by atoms with Gasteiger partial charge < -0.3 is 9.26 Å². The second-order valence-electron chi connectivity index (χ2n) is 5.61. The minimum absolute atomic E-state index is 0.0831. The van der Waals surface area contributed by atoms with Gasteiger partial charge in [0.05, 0.1) is 18.0 Å². The van der Waals surface area contributed by atoms with Gasteiger partial charge in [-0.1, -0.05) is 22.9 Å². The molecule has 0 aliphatic heterocycles. The third-order valence-electron chi connectivity index (χ3n) is 3.64. The smallest absolute Gasteiger partial charge is 0.242 e. The van der Waals surface area contributed by atoms with Gasteiger partial charge in [-0.15, -0.1) is 0 Å². The summed E-state index contributed by atoms with van der Waals surface area (Å²) in [6, 6.07) is 13.8. The quantitative estimate of drug-likeness (QED) is 0.684. The number of nitrogens with zero attached hydrogens (tertiary/aromatic N) is 2. The molecule has 3 rings (SSSR count). The van der Waals surface area contributed by atoms with Crippen molar-refractivity contribution in [3.63, 3.8) is 0 Å². The lowest BCUT2D eigenvalue weighted by Crippen LogP contribution is -2.23. The molecule has 1 N–H and O–H groups in total. The van der Waals surface area contributed by atoms with Gasteiger partial charge in [-0.2, -0.15) is 4.98 Å². The molecular weight excluding hydrogens is 354 g/mol. The fourth-order valence-electron chi connectivity index (χ4n) is 2.27. The van der Waals surface area contributed by atoms with Crippen LogP contribution in [-0.4, -0.2) is 25.2 Å². The number of benzene rings is 2. The van der Waals surface area contributed by atoms with E-state index < -0.39 is 10.0 Å². The zero-order valence-electron chi connectivity index (χ0n) is 14.5. The van der Waals surface area contributed by atoms with E-state index in [1.54, 1.807) is 24.3 Å². The van der Waals surface area contributed by atoms with E-state index in [1.807, 2.05) is 38.1 Å². The Hall–Kier alpha value is -2.71. The van der Waals surface area contributed by atoms with Crippen molar-refractivity contribution in [2.45, 2.75) is 25.3 Å². The minimum Gasteiger partial charge on any atom is -0.494 e. The predicted octanol–water partition coefficient (Wildman–Crippen LogP) is 2.92. The van der Waals surface area contributed by atoms with E-state index in [1.165, 1.54) is 0 Å². The maximum Gasteiger partial charge on any atom is 0.242 e. The number of sulfonamides is 1. The topological polar surface area (TPSA) is 94.3 Å². The number of ether oxygens (including phenoxy) is 1. The molecule has 0 bridgehead atoms. The van der Waals surface area contributed by atoms with Crippen molar-refractivity contribution in [2.24, 2.45) is 0 Å². The molecule has 0 unspecified atom stereocenters. The number of hydrogen-bond acceptors (Lipinski definition) is 6. The fraction of sp³-hybridized carbons (Fsp3) is 0.222. The molecule has 8 heteroatoms. The van der Waals surface area contributed by atoms with Crippen LogP contribution in [0.1, 0.15) is 18.4 Å². The largest absolute Gasteiger partial charge is 0.494 e. The van der Waals surface area contributed by atoms with Gasteiger partial charge in [0.2, 0.25) is 21.7 Å². The summed E-state index contributed by atoms with van der Waals surface area (Å²) in [6.07, 6.45) is 0. The summed E-state index contributed by atoms with van der Waals surface area (Å²) >= 11 is 0. The molecule has 0 amide bonds. The molecule has 26 heavy (non-hydrogen) atoms. The average molecular weight is 373 g/mol. The summed E-state index contributed by atoms with van der Waals surface area (Å²) in [5.74, 6) is 1.33. The van der Waals surface area contributed by atoms with Crippen LogP contribution >= 0.6 is 0 Å². The summed E-state index contributed by atoms with van der Waals surface area (Å²) in [4.78, 5) is 4.41. The van der Waals surface area contributed by atoms with Gasteiger partial charge in [0.25, 0.3) is 0 Å². The summed E-state index contributed by atoms with van der Waals surface area (Å²) in [6.45, 7) is 4.31. The molecule has 136 valence electrons. The van der Waals surface area contributed by atoms with Crippen LogP contribution in [0.2, 0.25) is 0 Å². The second-order valence-corrected chi connectivity index (χ2v) is 7.37. The van der Waals surface area contributed by atoms with Crippen LogP contribution < -0.4 is 9.46 Å². The third-order valence-corrected chi connectivity index (χ3v) is 5.05. The Labute approximate surface area is 152 Å². The van der Waals surface area contributed by atoms with Crippen LogP contribution in [-0.2, 0) is 16.6 Å². The minimum atomic E-state index is -3.64. The van der Waals surface area contributed by atoms with E-state index in [0.717, 1.165) is 16.9 Å². The Morgan fingerprint density at radius 3 is 2.42 bits per heavy atom. The van der Waals surface area contributed by atoms with Gasteiger partial charge in [-0.25, -0.2) is 13.1 Å². The first-order valence-corrected chi connectivity index (χ1v) is 9.58. The zero-order valence-corrected chi connectivity index (χ0v) is 15.3. The molecule has 0 radical (unpaired) electrons. The zero-order chi connectivity index (χ0) is 18.6. The predicted molar refractivity (Wildman–Crippen MR) is 96.1 cm³/mol. The van der Waals surface area contributed by atoms with Gasteiger partial charge in [-0.3, -0.25) is 0 Å². The molecule has 0 saturated carbocycles. The van der Waals surface area contributed by atoms with Crippen LogP contribution in [0.25, 0.3) is 11.4 Å². The van der Waals surface area contributed by atoms with Gasteiger partial charge in [0.15, 0.2) is 0 Å². The summed E-state index contributed by atoms with van der Waals surface area (Å²) in [5.41, 5.74) is 1.74. The highest BCUT2D eigenvalue weighted by atomic mass is 32.2. The van der Waals surface area contributed by atoms with Crippen LogP contribution in [0.3, 0.4) is 0 Å². The summed E-state index contributed by atoms with van der Waals surface area (Å²) < 4.78 is 37.5. The maximum absolute atomic E-state index is 12.3. The average Bonchev–Trinajstić information content (AvgIpc) is 3.11. The highest BCUT2D eigenvalue weighted by molar-refractivity contribution is 7.89. The maximum atomic E-state index is 12.3. The van der Waals surface area contributed by atoms with Crippen LogP contribution in [0.5, 0.6) is 5.75 Å². The molecule has 1 aromatic heterocycles. The molecular formula is C18H19N3O4S. The first kappa shape index (κ1) is 18.1. The lowest BCUT2D eigenvalue weighted by Gasteiger charge is -2.04. The van der Waals surface area contributed by atoms with Crippen molar-refractivity contribution in [1.29, 1.82) is 0 Å². The van der Waals surface area contributed by atoms with E-state index in [4.69, 9.17) is 9.26 Å². The number of hydrogen-bond donors (Lipinski definition) is 1. The fourth-order valence-corrected chi connectivity index (χ4v) is 3.24. The lowest BCUT2D eigenvalue weighted by atomic mass is 10.2. The number of aryl methyl sites for hydroxylation is 1. The van der Waals surface area contributed by atoms with Crippen LogP contribution in [0, 0.1) is 6.92 Å². The molecule has 0 saturated heterocycles. The molecule has 0 aliphatic rings. The standard InChI is InChI=1S/C18H19N3O4S/c1-3-24-15-8-6-14(7-9-15)18-20-17(25-21-18)12-19-26(22,23)16-10-4-13(2)5-11-16/h4-11,19H,3,12H2,1-2H3. The van der Waals surface area contributed by atoms with E-state index in [0.29, 0.717) is 12.4 Å². The highest BCUT2D eigenvalue weighted by Crippen LogP contribution is 2.20. The molecule has 2 aromatic carbocycles. The Kier molecular flexibility index (Phi) is 5.34. The summed E-state index contributed by atoms with van der Waals surface area (Å²) in [5, 5.41) is 3.89.